The second-order valence-corrected chi connectivity index (χ2v) is 2.22. The average Bonchev–Trinajstić information content (AvgIpc) is 2.45. The Morgan fingerprint density at radius 3 is 2.62 bits per heavy atom. The highest BCUT2D eigenvalue weighted by atomic mass is 35.5. The van der Waals surface area contributed by atoms with Gasteiger partial charge >= 0.3 is 0 Å². The molecule has 8 heavy (non-hydrogen) atoms. The van der Waals surface area contributed by atoms with Gasteiger partial charge < -0.3 is 0 Å². The molecule has 0 bridgehead atoms. The molecule has 0 saturated heterocycles. The second kappa shape index (κ2) is 2.31. The van der Waals surface area contributed by atoms with E-state index < -0.39 is 0 Å². The van der Waals surface area contributed by atoms with E-state index in [1.165, 1.54) is 11.6 Å². The van der Waals surface area contributed by atoms with Gasteiger partial charge in [0.2, 0.25) is 0 Å². The molecule has 1 saturated carbocycles. The van der Waals surface area contributed by atoms with E-state index in [0.29, 0.717) is 5.92 Å². The minimum absolute atomic E-state index is 0.181. The second-order valence-electron chi connectivity index (χ2n) is 1.97. The maximum absolute atomic E-state index is 10.6. The topological polar surface area (TPSA) is 17.1 Å². The summed E-state index contributed by atoms with van der Waals surface area (Å²) >= 11 is 5.17. The third-order valence-corrected chi connectivity index (χ3v) is 1.33. The van der Waals surface area contributed by atoms with E-state index in [0.717, 1.165) is 12.8 Å². The number of carbonyl (C=O) groups excluding carboxylic acids is 1. The smallest absolute Gasteiger partial charge is 0.159 e. The van der Waals surface area contributed by atoms with Gasteiger partial charge in [-0.05, 0) is 18.9 Å². The quantitative estimate of drug-likeness (QED) is 0.521. The molecule has 0 heterocycles. The molecule has 1 nitrogen and oxygen atoms in total. The maximum Gasteiger partial charge on any atom is 0.159 e. The Morgan fingerprint density at radius 1 is 1.62 bits per heavy atom. The fourth-order valence-corrected chi connectivity index (χ4v) is 0.690. The van der Waals surface area contributed by atoms with E-state index in [1.54, 1.807) is 0 Å². The van der Waals surface area contributed by atoms with Crippen LogP contribution in [0.15, 0.2) is 11.6 Å². The minimum Gasteiger partial charge on any atom is -0.295 e. The third-order valence-electron chi connectivity index (χ3n) is 1.21. The van der Waals surface area contributed by atoms with E-state index in [-0.39, 0.29) is 5.78 Å². The first-order valence-electron chi connectivity index (χ1n) is 2.65. The van der Waals surface area contributed by atoms with Crippen LogP contribution in [0.1, 0.15) is 12.8 Å². The van der Waals surface area contributed by atoms with Gasteiger partial charge in [-0.1, -0.05) is 11.6 Å². The Bertz CT molecular complexity index is 124. The van der Waals surface area contributed by atoms with Crippen LogP contribution >= 0.6 is 11.6 Å². The van der Waals surface area contributed by atoms with Gasteiger partial charge in [-0.15, -0.1) is 0 Å². The van der Waals surface area contributed by atoms with Crippen molar-refractivity contribution in [2.24, 2.45) is 5.92 Å². The fourth-order valence-electron chi connectivity index (χ4n) is 0.566. The summed E-state index contributed by atoms with van der Waals surface area (Å²) in [5, 5.41) is 0. The first-order valence-corrected chi connectivity index (χ1v) is 3.09. The van der Waals surface area contributed by atoms with Crippen molar-refractivity contribution in [2.75, 3.05) is 0 Å². The van der Waals surface area contributed by atoms with Crippen LogP contribution in [-0.2, 0) is 4.79 Å². The van der Waals surface area contributed by atoms with Crippen molar-refractivity contribution in [1.29, 1.82) is 0 Å². The van der Waals surface area contributed by atoms with Gasteiger partial charge in [-0.25, -0.2) is 0 Å². The van der Waals surface area contributed by atoms with Crippen molar-refractivity contribution in [3.8, 4) is 0 Å². The SMILES string of the molecule is O=C(/C=C/Cl)C1CC1. The number of halogens is 1. The number of hydrogen-bond acceptors (Lipinski definition) is 1. The molecule has 0 unspecified atom stereocenters. The van der Waals surface area contributed by atoms with Crippen LogP contribution in [0, 0.1) is 5.92 Å². The van der Waals surface area contributed by atoms with Gasteiger partial charge in [0.05, 0.1) is 0 Å². The average molecular weight is 131 g/mol. The molecule has 0 aromatic heterocycles. The summed E-state index contributed by atoms with van der Waals surface area (Å²) in [6.07, 6.45) is 3.54. The van der Waals surface area contributed by atoms with E-state index in [2.05, 4.69) is 0 Å². The van der Waals surface area contributed by atoms with Crippen LogP contribution in [0.25, 0.3) is 0 Å². The highest BCUT2D eigenvalue weighted by Gasteiger charge is 2.27. The molecule has 0 amide bonds. The van der Waals surface area contributed by atoms with Gasteiger partial charge in [0, 0.05) is 11.5 Å². The van der Waals surface area contributed by atoms with Gasteiger partial charge in [-0.3, -0.25) is 4.79 Å². The highest BCUT2D eigenvalue weighted by Crippen LogP contribution is 2.29. The fraction of sp³-hybridized carbons (Fsp3) is 0.500. The molecule has 1 aliphatic carbocycles. The lowest BCUT2D eigenvalue weighted by Crippen LogP contribution is -1.92. The number of ketones is 1. The molecule has 0 aromatic rings. The molecular formula is C6H7ClO. The molecule has 0 N–H and O–H groups in total. The zero-order valence-electron chi connectivity index (χ0n) is 4.43. The molecule has 0 spiro atoms. The Labute approximate surface area is 53.3 Å². The molecular weight excluding hydrogens is 124 g/mol. The maximum atomic E-state index is 10.6. The van der Waals surface area contributed by atoms with E-state index >= 15 is 0 Å². The van der Waals surface area contributed by atoms with Crippen LogP contribution < -0.4 is 0 Å². The van der Waals surface area contributed by atoms with Crippen molar-refractivity contribution in [3.05, 3.63) is 11.6 Å². The number of carbonyl (C=O) groups is 1. The molecule has 1 rings (SSSR count). The zero-order valence-corrected chi connectivity index (χ0v) is 5.19. The largest absolute Gasteiger partial charge is 0.295 e. The van der Waals surface area contributed by atoms with Crippen LogP contribution in [0.4, 0.5) is 0 Å². The van der Waals surface area contributed by atoms with Gasteiger partial charge in [0.1, 0.15) is 0 Å². The molecule has 44 valence electrons. The predicted molar refractivity (Wildman–Crippen MR) is 32.7 cm³/mol. The third kappa shape index (κ3) is 1.34. The first kappa shape index (κ1) is 5.83. The Balaban J connectivity index is 2.33. The lowest BCUT2D eigenvalue weighted by atomic mass is 10.3. The number of rotatable bonds is 2. The van der Waals surface area contributed by atoms with E-state index in [1.807, 2.05) is 0 Å². The first-order chi connectivity index (χ1) is 3.84. The van der Waals surface area contributed by atoms with Crippen LogP contribution in [0.3, 0.4) is 0 Å². The summed E-state index contributed by atoms with van der Waals surface area (Å²) in [5.41, 5.74) is 1.28. The lowest BCUT2D eigenvalue weighted by molar-refractivity contribution is -0.115. The van der Waals surface area contributed by atoms with Crippen LogP contribution in [-0.4, -0.2) is 5.78 Å². The monoisotopic (exact) mass is 130 g/mol. The lowest BCUT2D eigenvalue weighted by Gasteiger charge is -1.80. The summed E-state index contributed by atoms with van der Waals surface area (Å²) in [7, 11) is 0. The van der Waals surface area contributed by atoms with Crippen LogP contribution in [0.5, 0.6) is 0 Å². The Kier molecular flexibility index (Phi) is 1.69. The van der Waals surface area contributed by atoms with Crippen molar-refractivity contribution in [1.82, 2.24) is 0 Å². The molecule has 2 heteroatoms. The van der Waals surface area contributed by atoms with E-state index in [9.17, 15) is 4.79 Å². The number of hydrogen-bond donors (Lipinski definition) is 0. The molecule has 0 radical (unpaired) electrons. The minimum atomic E-state index is 0.181. The van der Waals surface area contributed by atoms with Crippen molar-refractivity contribution < 1.29 is 4.79 Å². The van der Waals surface area contributed by atoms with Crippen molar-refractivity contribution >= 4 is 17.4 Å². The highest BCUT2D eigenvalue weighted by molar-refractivity contribution is 6.26. The van der Waals surface area contributed by atoms with Crippen LogP contribution in [0.2, 0.25) is 0 Å². The Hall–Kier alpha value is -0.300. The van der Waals surface area contributed by atoms with Gasteiger partial charge in [0.15, 0.2) is 5.78 Å². The summed E-state index contributed by atoms with van der Waals surface area (Å²) in [5.74, 6) is 0.491. The molecule has 0 atom stereocenters. The summed E-state index contributed by atoms with van der Waals surface area (Å²) in [6, 6.07) is 0. The predicted octanol–water partition coefficient (Wildman–Crippen LogP) is 1.72. The molecule has 0 aromatic carbocycles. The van der Waals surface area contributed by atoms with Gasteiger partial charge in [-0.2, -0.15) is 0 Å². The van der Waals surface area contributed by atoms with E-state index in [4.69, 9.17) is 11.6 Å². The molecule has 1 aliphatic rings. The summed E-state index contributed by atoms with van der Waals surface area (Å²) < 4.78 is 0. The van der Waals surface area contributed by atoms with Crippen molar-refractivity contribution in [3.63, 3.8) is 0 Å². The standard InChI is InChI=1S/C6H7ClO/c7-4-3-6(8)5-1-2-5/h3-5H,1-2H2/b4-3+. The Morgan fingerprint density at radius 2 is 2.25 bits per heavy atom. The summed E-state index contributed by atoms with van der Waals surface area (Å²) in [6.45, 7) is 0. The number of allylic oxidation sites excluding steroid dienone is 1. The zero-order chi connectivity index (χ0) is 5.98. The molecule has 1 fully saturated rings. The van der Waals surface area contributed by atoms with Crippen molar-refractivity contribution in [2.45, 2.75) is 12.8 Å². The summed E-state index contributed by atoms with van der Waals surface area (Å²) in [4.78, 5) is 10.6. The van der Waals surface area contributed by atoms with Gasteiger partial charge in [0.25, 0.3) is 0 Å². The molecule has 0 aliphatic heterocycles. The normalized spacial score (nSPS) is 19.6.